The lowest BCUT2D eigenvalue weighted by atomic mass is 10.1. The Morgan fingerprint density at radius 3 is 2.41 bits per heavy atom. The molecule has 0 spiro atoms. The number of hydrogen-bond acceptors (Lipinski definition) is 4. The van der Waals surface area contributed by atoms with E-state index in [9.17, 15) is 14.0 Å². The highest BCUT2D eigenvalue weighted by Gasteiger charge is 2.33. The van der Waals surface area contributed by atoms with Crippen molar-refractivity contribution in [1.82, 2.24) is 10.2 Å². The van der Waals surface area contributed by atoms with Crippen LogP contribution in [-0.4, -0.2) is 23.9 Å². The van der Waals surface area contributed by atoms with Gasteiger partial charge < -0.3 is 14.8 Å². The van der Waals surface area contributed by atoms with Gasteiger partial charge in [0.15, 0.2) is 11.5 Å². The summed E-state index contributed by atoms with van der Waals surface area (Å²) in [6, 6.07) is 16.6. The van der Waals surface area contributed by atoms with Crippen molar-refractivity contribution in [2.75, 3.05) is 7.11 Å². The zero-order valence-electron chi connectivity index (χ0n) is 18.0. The van der Waals surface area contributed by atoms with Gasteiger partial charge in [-0.25, -0.2) is 9.18 Å². The maximum Gasteiger partial charge on any atom is 0.329 e. The molecule has 0 bridgehead atoms. The summed E-state index contributed by atoms with van der Waals surface area (Å²) >= 11 is 5.76. The highest BCUT2D eigenvalue weighted by atomic mass is 127. The molecule has 0 unspecified atom stereocenters. The number of methoxy groups -OCH3 is 1. The van der Waals surface area contributed by atoms with Crippen LogP contribution >= 0.6 is 38.5 Å². The van der Waals surface area contributed by atoms with E-state index in [2.05, 4.69) is 43.8 Å². The first-order valence-electron chi connectivity index (χ1n) is 10.2. The smallest absolute Gasteiger partial charge is 0.329 e. The van der Waals surface area contributed by atoms with Crippen LogP contribution in [0.2, 0.25) is 0 Å². The van der Waals surface area contributed by atoms with Crippen molar-refractivity contribution in [3.63, 3.8) is 0 Å². The van der Waals surface area contributed by atoms with E-state index in [1.165, 1.54) is 31.4 Å². The molecule has 3 amide bonds. The molecule has 4 rings (SSSR count). The van der Waals surface area contributed by atoms with Crippen molar-refractivity contribution in [3.05, 3.63) is 96.9 Å². The minimum atomic E-state index is -0.538. The van der Waals surface area contributed by atoms with Crippen LogP contribution in [0.1, 0.15) is 16.7 Å². The molecule has 9 heteroatoms. The number of imide groups is 1. The summed E-state index contributed by atoms with van der Waals surface area (Å²) in [7, 11) is 1.53. The molecule has 3 aromatic carbocycles. The summed E-state index contributed by atoms with van der Waals surface area (Å²) in [5, 5.41) is 2.59. The molecule has 6 nitrogen and oxygen atoms in total. The summed E-state index contributed by atoms with van der Waals surface area (Å²) < 4.78 is 26.4. The Balaban J connectivity index is 1.52. The fraction of sp³-hybridized carbons (Fsp3) is 0.120. The van der Waals surface area contributed by atoms with E-state index in [0.717, 1.165) is 14.0 Å². The molecule has 0 atom stereocenters. The monoisotopic (exact) mass is 636 g/mol. The molecule has 1 saturated heterocycles. The number of carbonyl (C=O) groups is 2. The fourth-order valence-corrected chi connectivity index (χ4v) is 4.29. The summed E-state index contributed by atoms with van der Waals surface area (Å²) in [5.74, 6) is 0.157. The molecule has 3 aromatic rings. The third-order valence-corrected chi connectivity index (χ3v) is 6.38. The van der Waals surface area contributed by atoms with Gasteiger partial charge in [-0.2, -0.15) is 0 Å². The molecule has 174 valence electrons. The highest BCUT2D eigenvalue weighted by molar-refractivity contribution is 14.1. The van der Waals surface area contributed by atoms with Crippen molar-refractivity contribution in [2.24, 2.45) is 0 Å². The van der Waals surface area contributed by atoms with Crippen molar-refractivity contribution >= 4 is 56.5 Å². The third kappa shape index (κ3) is 5.58. The second-order valence-corrected chi connectivity index (χ2v) is 9.56. The first-order chi connectivity index (χ1) is 16.3. The van der Waals surface area contributed by atoms with Gasteiger partial charge in [0.1, 0.15) is 18.1 Å². The predicted molar refractivity (Wildman–Crippen MR) is 138 cm³/mol. The van der Waals surface area contributed by atoms with E-state index in [1.807, 2.05) is 24.3 Å². The minimum Gasteiger partial charge on any atom is -0.493 e. The number of benzene rings is 3. The zero-order valence-corrected chi connectivity index (χ0v) is 21.7. The van der Waals surface area contributed by atoms with E-state index < -0.39 is 11.9 Å². The lowest BCUT2D eigenvalue weighted by Gasteiger charge is -2.14. The molecule has 0 radical (unpaired) electrons. The average molecular weight is 637 g/mol. The highest BCUT2D eigenvalue weighted by Crippen LogP contribution is 2.38. The van der Waals surface area contributed by atoms with Crippen LogP contribution in [-0.2, 0) is 17.9 Å². The zero-order chi connectivity index (χ0) is 24.2. The molecule has 1 fully saturated rings. The molecule has 1 heterocycles. The van der Waals surface area contributed by atoms with Gasteiger partial charge in [0.05, 0.1) is 18.1 Å². The van der Waals surface area contributed by atoms with Crippen LogP contribution in [0.4, 0.5) is 9.18 Å². The number of ether oxygens (including phenoxy) is 2. The van der Waals surface area contributed by atoms with Crippen molar-refractivity contribution in [1.29, 1.82) is 0 Å². The summed E-state index contributed by atoms with van der Waals surface area (Å²) in [5.41, 5.74) is 2.43. The molecule has 1 aliphatic heterocycles. The Bertz CT molecular complexity index is 1260. The molecule has 0 aliphatic carbocycles. The second-order valence-electron chi connectivity index (χ2n) is 7.46. The Hall–Kier alpha value is -2.92. The van der Waals surface area contributed by atoms with Crippen molar-refractivity contribution in [3.8, 4) is 11.5 Å². The number of hydrogen-bond donors (Lipinski definition) is 1. The predicted octanol–water partition coefficient (Wildman–Crippen LogP) is 5.87. The molecular weight excluding hydrogens is 618 g/mol. The Morgan fingerprint density at radius 1 is 1.06 bits per heavy atom. The van der Waals surface area contributed by atoms with E-state index in [0.29, 0.717) is 33.7 Å². The van der Waals surface area contributed by atoms with E-state index in [4.69, 9.17) is 9.47 Å². The van der Waals surface area contributed by atoms with Crippen molar-refractivity contribution in [2.45, 2.75) is 13.2 Å². The van der Waals surface area contributed by atoms with Crippen LogP contribution in [0.15, 0.2) is 70.8 Å². The Kier molecular flexibility index (Phi) is 7.52. The van der Waals surface area contributed by atoms with Crippen molar-refractivity contribution < 1.29 is 23.5 Å². The maximum absolute atomic E-state index is 13.1. The van der Waals surface area contributed by atoms with Crippen LogP contribution in [0.3, 0.4) is 0 Å². The van der Waals surface area contributed by atoms with Gasteiger partial charge in [-0.1, -0.05) is 24.3 Å². The SMILES string of the molecule is COc1cc(/C=C2/NC(=O)N(Cc3ccc(F)cc3)C2=O)cc(Br)c1OCc1ccc(I)cc1. The minimum absolute atomic E-state index is 0.0423. The fourth-order valence-electron chi connectivity index (χ4n) is 3.35. The normalized spacial score (nSPS) is 14.5. The van der Waals surface area contributed by atoms with E-state index >= 15 is 0 Å². The largest absolute Gasteiger partial charge is 0.493 e. The summed E-state index contributed by atoms with van der Waals surface area (Å²) in [6.07, 6.45) is 1.57. The Labute approximate surface area is 218 Å². The number of halogens is 3. The van der Waals surface area contributed by atoms with Crippen LogP contribution < -0.4 is 14.8 Å². The molecule has 0 aromatic heterocycles. The third-order valence-electron chi connectivity index (χ3n) is 5.08. The van der Waals surface area contributed by atoms with Gasteiger partial charge >= 0.3 is 6.03 Å². The number of nitrogens with one attached hydrogen (secondary N) is 1. The quantitative estimate of drug-likeness (QED) is 0.200. The van der Waals surface area contributed by atoms with Gasteiger partial charge in [0.2, 0.25) is 0 Å². The van der Waals surface area contributed by atoms with Gasteiger partial charge in [0, 0.05) is 3.57 Å². The average Bonchev–Trinajstić information content (AvgIpc) is 3.07. The topological polar surface area (TPSA) is 67.9 Å². The molecule has 1 N–H and O–H groups in total. The first kappa shape index (κ1) is 24.2. The lowest BCUT2D eigenvalue weighted by molar-refractivity contribution is -0.123. The standard InChI is InChI=1S/C25H19BrFIN2O4/c1-33-22-12-17(10-20(26)23(22)34-14-16-4-8-19(28)9-5-16)11-21-24(31)30(25(32)29-21)13-15-2-6-18(27)7-3-15/h2-12H,13-14H2,1H3,(H,29,32)/b21-11+. The summed E-state index contributed by atoms with van der Waals surface area (Å²) in [6.45, 7) is 0.403. The summed E-state index contributed by atoms with van der Waals surface area (Å²) in [4.78, 5) is 26.3. The molecule has 34 heavy (non-hydrogen) atoms. The van der Waals surface area contributed by atoms with E-state index in [-0.39, 0.29) is 18.1 Å². The van der Waals surface area contributed by atoms with Gasteiger partial charge in [-0.3, -0.25) is 9.69 Å². The second kappa shape index (κ2) is 10.6. The van der Waals surface area contributed by atoms with Gasteiger partial charge in [0.25, 0.3) is 5.91 Å². The Morgan fingerprint density at radius 2 is 1.74 bits per heavy atom. The number of carbonyl (C=O) groups excluding carboxylic acids is 2. The lowest BCUT2D eigenvalue weighted by Crippen LogP contribution is -2.30. The van der Waals surface area contributed by atoms with Gasteiger partial charge in [-0.05, 0) is 97.7 Å². The number of nitrogens with zero attached hydrogens (tertiary/aromatic N) is 1. The molecule has 1 aliphatic rings. The number of rotatable bonds is 7. The van der Waals surface area contributed by atoms with Gasteiger partial charge in [-0.15, -0.1) is 0 Å². The van der Waals surface area contributed by atoms with E-state index in [1.54, 1.807) is 18.2 Å². The first-order valence-corrected chi connectivity index (χ1v) is 12.0. The van der Waals surface area contributed by atoms with Crippen LogP contribution in [0.5, 0.6) is 11.5 Å². The number of urea groups is 1. The number of amides is 3. The maximum atomic E-state index is 13.1. The van der Waals surface area contributed by atoms with Crippen LogP contribution in [0.25, 0.3) is 6.08 Å². The van der Waals surface area contributed by atoms with Crippen LogP contribution in [0, 0.1) is 9.39 Å². The molecular formula is C25H19BrFIN2O4. The molecule has 0 saturated carbocycles.